The topological polar surface area (TPSA) is 12.5 Å². The van der Waals surface area contributed by atoms with E-state index in [9.17, 15) is 0 Å². The Labute approximate surface area is 91.2 Å². The molecule has 15 heavy (non-hydrogen) atoms. The molecule has 2 rings (SSSR count). The van der Waals surface area contributed by atoms with E-state index in [4.69, 9.17) is 4.74 Å². The van der Waals surface area contributed by atoms with E-state index in [1.165, 1.54) is 16.8 Å². The number of nitrogens with zero attached hydrogens (tertiary/aromatic N) is 1. The highest BCUT2D eigenvalue weighted by Gasteiger charge is 2.24. The summed E-state index contributed by atoms with van der Waals surface area (Å²) in [5, 5.41) is 0. The predicted octanol–water partition coefficient (Wildman–Crippen LogP) is 3.38. The second-order valence-corrected chi connectivity index (χ2v) is 3.88. The zero-order valence-electron chi connectivity index (χ0n) is 9.79. The molecule has 0 atom stereocenters. The Morgan fingerprint density at radius 1 is 1.27 bits per heavy atom. The third-order valence-electron chi connectivity index (χ3n) is 2.91. The molecule has 1 aromatic rings. The molecule has 0 saturated carbocycles. The lowest BCUT2D eigenvalue weighted by Crippen LogP contribution is -2.18. The molecule has 0 bridgehead atoms. The first-order valence-corrected chi connectivity index (χ1v) is 5.40. The molecule has 0 amide bonds. The Kier molecular flexibility index (Phi) is 2.43. The fraction of sp³-hybridized carbons (Fsp3) is 0.385. The van der Waals surface area contributed by atoms with Crippen LogP contribution in [-0.2, 0) is 0 Å². The Bertz CT molecular complexity index is 421. The van der Waals surface area contributed by atoms with Crippen LogP contribution >= 0.6 is 0 Å². The van der Waals surface area contributed by atoms with E-state index in [1.54, 1.807) is 0 Å². The zero-order chi connectivity index (χ0) is 11.0. The molecule has 0 aromatic heterocycles. The number of hydrogen-bond acceptors (Lipinski definition) is 2. The van der Waals surface area contributed by atoms with Crippen molar-refractivity contribution in [2.75, 3.05) is 11.4 Å². The molecule has 1 aliphatic heterocycles. The minimum Gasteiger partial charge on any atom is -0.439 e. The van der Waals surface area contributed by atoms with Crippen molar-refractivity contribution in [3.05, 3.63) is 35.2 Å². The highest BCUT2D eigenvalue weighted by Crippen LogP contribution is 2.40. The van der Waals surface area contributed by atoms with E-state index in [1.807, 2.05) is 13.0 Å². The summed E-state index contributed by atoms with van der Waals surface area (Å²) in [7, 11) is 0. The van der Waals surface area contributed by atoms with Crippen molar-refractivity contribution < 1.29 is 4.74 Å². The first kappa shape index (κ1) is 10.1. The number of rotatable bonds is 1. The summed E-state index contributed by atoms with van der Waals surface area (Å²) in [5.41, 5.74) is 3.78. The molecular formula is C13H17NO. The maximum Gasteiger partial charge on any atom is 0.196 e. The van der Waals surface area contributed by atoms with Crippen LogP contribution in [0.1, 0.15) is 25.0 Å². The van der Waals surface area contributed by atoms with E-state index < -0.39 is 0 Å². The number of benzene rings is 1. The van der Waals surface area contributed by atoms with Gasteiger partial charge in [0.15, 0.2) is 11.6 Å². The lowest BCUT2D eigenvalue weighted by atomic mass is 10.1. The summed E-state index contributed by atoms with van der Waals surface area (Å²) < 4.78 is 5.78. The number of aryl methyl sites for hydroxylation is 2. The largest absolute Gasteiger partial charge is 0.439 e. The molecule has 0 unspecified atom stereocenters. The number of ether oxygens (including phenoxy) is 1. The molecule has 2 heteroatoms. The van der Waals surface area contributed by atoms with E-state index in [0.29, 0.717) is 0 Å². The van der Waals surface area contributed by atoms with Crippen molar-refractivity contribution >= 4 is 5.69 Å². The molecule has 0 aliphatic carbocycles. The number of allylic oxidation sites excluding steroid dienone is 1. The van der Waals surface area contributed by atoms with Gasteiger partial charge in [0, 0.05) is 6.54 Å². The Balaban J connectivity index is 2.53. The minimum absolute atomic E-state index is 0.940. The predicted molar refractivity (Wildman–Crippen MR) is 63.3 cm³/mol. The maximum atomic E-state index is 5.78. The molecule has 0 radical (unpaired) electrons. The van der Waals surface area contributed by atoms with E-state index in [0.717, 1.165) is 18.2 Å². The second kappa shape index (κ2) is 3.61. The quantitative estimate of drug-likeness (QED) is 0.693. The average molecular weight is 203 g/mol. The van der Waals surface area contributed by atoms with Crippen molar-refractivity contribution in [3.8, 4) is 5.75 Å². The fourth-order valence-electron chi connectivity index (χ4n) is 1.89. The Hall–Kier alpha value is -1.44. The van der Waals surface area contributed by atoms with Gasteiger partial charge in [-0.3, -0.25) is 0 Å². The summed E-state index contributed by atoms with van der Waals surface area (Å²) in [6.07, 6.45) is 2.01. The fourth-order valence-corrected chi connectivity index (χ4v) is 1.89. The van der Waals surface area contributed by atoms with Gasteiger partial charge in [-0.1, -0.05) is 0 Å². The molecule has 80 valence electrons. The van der Waals surface area contributed by atoms with Gasteiger partial charge in [0.05, 0.1) is 5.69 Å². The van der Waals surface area contributed by atoms with Crippen LogP contribution in [0.15, 0.2) is 24.1 Å². The molecule has 0 N–H and O–H groups in total. The smallest absolute Gasteiger partial charge is 0.196 e. The third-order valence-corrected chi connectivity index (χ3v) is 2.91. The van der Waals surface area contributed by atoms with Gasteiger partial charge in [0.25, 0.3) is 0 Å². The number of fused-ring (bicyclic) bond motifs is 1. The van der Waals surface area contributed by atoms with Crippen LogP contribution < -0.4 is 9.64 Å². The van der Waals surface area contributed by atoms with Gasteiger partial charge in [-0.05, 0) is 57.0 Å². The molecule has 0 saturated heterocycles. The summed E-state index contributed by atoms with van der Waals surface area (Å²) in [5.74, 6) is 1.92. The first-order valence-electron chi connectivity index (χ1n) is 5.40. The molecule has 0 fully saturated rings. The van der Waals surface area contributed by atoms with Crippen LogP contribution in [0.4, 0.5) is 5.69 Å². The molecular weight excluding hydrogens is 186 g/mol. The standard InChI is InChI=1S/C13H17NO/c1-5-13-14(6-2)11-7-9(3)10(4)8-12(11)15-13/h5,7-8H,6H2,1-4H3. The van der Waals surface area contributed by atoms with Crippen molar-refractivity contribution in [2.45, 2.75) is 27.7 Å². The van der Waals surface area contributed by atoms with Crippen molar-refractivity contribution in [2.24, 2.45) is 0 Å². The van der Waals surface area contributed by atoms with E-state index >= 15 is 0 Å². The molecule has 0 spiro atoms. The number of hydrogen-bond donors (Lipinski definition) is 0. The van der Waals surface area contributed by atoms with Crippen LogP contribution in [-0.4, -0.2) is 6.54 Å². The molecule has 1 aliphatic rings. The second-order valence-electron chi connectivity index (χ2n) is 3.88. The minimum atomic E-state index is 0.940. The maximum absolute atomic E-state index is 5.78. The summed E-state index contributed by atoms with van der Waals surface area (Å²) >= 11 is 0. The van der Waals surface area contributed by atoms with Gasteiger partial charge < -0.3 is 9.64 Å². The molecule has 1 heterocycles. The number of anilines is 1. The third kappa shape index (κ3) is 1.50. The summed E-state index contributed by atoms with van der Waals surface area (Å²) in [6, 6.07) is 4.31. The van der Waals surface area contributed by atoms with E-state index in [2.05, 4.69) is 37.8 Å². The van der Waals surface area contributed by atoms with Crippen LogP contribution in [0, 0.1) is 13.8 Å². The van der Waals surface area contributed by atoms with Crippen LogP contribution in [0.5, 0.6) is 5.75 Å². The highest BCUT2D eigenvalue weighted by molar-refractivity contribution is 5.68. The van der Waals surface area contributed by atoms with Crippen molar-refractivity contribution in [1.82, 2.24) is 0 Å². The van der Waals surface area contributed by atoms with Crippen molar-refractivity contribution in [1.29, 1.82) is 0 Å². The van der Waals surface area contributed by atoms with Gasteiger partial charge in [-0.25, -0.2) is 0 Å². The van der Waals surface area contributed by atoms with Gasteiger partial charge in [-0.15, -0.1) is 0 Å². The summed E-state index contributed by atoms with van der Waals surface area (Å²) in [6.45, 7) is 9.33. The van der Waals surface area contributed by atoms with Crippen LogP contribution in [0.3, 0.4) is 0 Å². The van der Waals surface area contributed by atoms with Gasteiger partial charge in [-0.2, -0.15) is 0 Å². The molecule has 1 aromatic carbocycles. The van der Waals surface area contributed by atoms with Crippen LogP contribution in [0.2, 0.25) is 0 Å². The monoisotopic (exact) mass is 203 g/mol. The Morgan fingerprint density at radius 3 is 2.53 bits per heavy atom. The lowest BCUT2D eigenvalue weighted by molar-refractivity contribution is 0.438. The first-order chi connectivity index (χ1) is 7.17. The zero-order valence-corrected chi connectivity index (χ0v) is 9.79. The van der Waals surface area contributed by atoms with E-state index in [-0.39, 0.29) is 0 Å². The van der Waals surface area contributed by atoms with Gasteiger partial charge >= 0.3 is 0 Å². The Morgan fingerprint density at radius 2 is 1.93 bits per heavy atom. The van der Waals surface area contributed by atoms with Gasteiger partial charge in [0.2, 0.25) is 0 Å². The SMILES string of the molecule is CC=C1Oc2cc(C)c(C)cc2N1CC. The van der Waals surface area contributed by atoms with Crippen molar-refractivity contribution in [3.63, 3.8) is 0 Å². The summed E-state index contributed by atoms with van der Waals surface area (Å²) in [4.78, 5) is 2.20. The van der Waals surface area contributed by atoms with Gasteiger partial charge in [0.1, 0.15) is 0 Å². The molecule has 2 nitrogen and oxygen atoms in total. The van der Waals surface area contributed by atoms with Crippen LogP contribution in [0.25, 0.3) is 0 Å². The normalized spacial score (nSPS) is 16.8. The average Bonchev–Trinajstić information content (AvgIpc) is 2.56. The lowest BCUT2D eigenvalue weighted by Gasteiger charge is -2.15. The highest BCUT2D eigenvalue weighted by atomic mass is 16.5.